The summed E-state index contributed by atoms with van der Waals surface area (Å²) in [4.78, 5) is 2.77. The number of nitrogens with zero attached hydrogens (tertiary/aromatic N) is 1. The SMILES string of the molecule is CCC1CN(C2CC3CCC2O3)C(CC)CN1. The van der Waals surface area contributed by atoms with E-state index >= 15 is 0 Å². The molecule has 3 heterocycles. The highest BCUT2D eigenvalue weighted by molar-refractivity contribution is 4.99. The van der Waals surface area contributed by atoms with Crippen LogP contribution in [0.15, 0.2) is 0 Å². The summed E-state index contributed by atoms with van der Waals surface area (Å²) in [6, 6.07) is 2.14. The van der Waals surface area contributed by atoms with Crippen LogP contribution in [0.2, 0.25) is 0 Å². The Hall–Kier alpha value is -0.120. The summed E-state index contributed by atoms with van der Waals surface area (Å²) in [7, 11) is 0. The van der Waals surface area contributed by atoms with E-state index in [9.17, 15) is 0 Å². The Morgan fingerprint density at radius 2 is 2.12 bits per heavy atom. The van der Waals surface area contributed by atoms with E-state index in [2.05, 4.69) is 24.1 Å². The molecule has 1 N–H and O–H groups in total. The van der Waals surface area contributed by atoms with Crippen LogP contribution in [0, 0.1) is 0 Å². The Kier molecular flexibility index (Phi) is 3.42. The monoisotopic (exact) mass is 238 g/mol. The molecule has 0 radical (unpaired) electrons. The fraction of sp³-hybridized carbons (Fsp3) is 1.00. The molecule has 3 heteroatoms. The van der Waals surface area contributed by atoms with Crippen molar-refractivity contribution in [3.8, 4) is 0 Å². The Morgan fingerprint density at radius 1 is 1.24 bits per heavy atom. The lowest BCUT2D eigenvalue weighted by molar-refractivity contribution is 0.0291. The Labute approximate surface area is 105 Å². The van der Waals surface area contributed by atoms with Gasteiger partial charge in [-0.05, 0) is 32.1 Å². The second kappa shape index (κ2) is 4.87. The van der Waals surface area contributed by atoms with Gasteiger partial charge in [0.2, 0.25) is 0 Å². The zero-order chi connectivity index (χ0) is 11.8. The van der Waals surface area contributed by atoms with E-state index in [-0.39, 0.29) is 0 Å². The molecule has 0 aromatic heterocycles. The molecule has 0 aliphatic carbocycles. The summed E-state index contributed by atoms with van der Waals surface area (Å²) in [6.07, 6.45) is 7.53. The largest absolute Gasteiger partial charge is 0.373 e. The first-order valence-electron chi connectivity index (χ1n) is 7.46. The molecule has 5 atom stereocenters. The number of fused-ring (bicyclic) bond motifs is 2. The predicted octanol–water partition coefficient (Wildman–Crippen LogP) is 1.77. The van der Waals surface area contributed by atoms with Gasteiger partial charge in [-0.25, -0.2) is 0 Å². The molecule has 3 nitrogen and oxygen atoms in total. The summed E-state index contributed by atoms with van der Waals surface area (Å²) in [5, 5.41) is 3.68. The van der Waals surface area contributed by atoms with Crippen LogP contribution in [0.4, 0.5) is 0 Å². The van der Waals surface area contributed by atoms with Gasteiger partial charge in [0.25, 0.3) is 0 Å². The molecule has 3 aliphatic heterocycles. The first-order chi connectivity index (χ1) is 8.31. The zero-order valence-corrected chi connectivity index (χ0v) is 11.2. The number of ether oxygens (including phenoxy) is 1. The number of rotatable bonds is 3. The van der Waals surface area contributed by atoms with Crippen LogP contribution in [0.25, 0.3) is 0 Å². The summed E-state index contributed by atoms with van der Waals surface area (Å²) < 4.78 is 6.04. The van der Waals surface area contributed by atoms with Crippen molar-refractivity contribution in [1.82, 2.24) is 10.2 Å². The molecular weight excluding hydrogens is 212 g/mol. The summed E-state index contributed by atoms with van der Waals surface area (Å²) in [6.45, 7) is 7.01. The molecule has 98 valence electrons. The van der Waals surface area contributed by atoms with Gasteiger partial charge in [0.05, 0.1) is 12.2 Å². The van der Waals surface area contributed by atoms with Crippen molar-refractivity contribution in [3.63, 3.8) is 0 Å². The van der Waals surface area contributed by atoms with Gasteiger partial charge in [-0.1, -0.05) is 13.8 Å². The third-order valence-corrected chi connectivity index (χ3v) is 5.01. The fourth-order valence-corrected chi connectivity index (χ4v) is 3.91. The lowest BCUT2D eigenvalue weighted by Crippen LogP contribution is -2.60. The van der Waals surface area contributed by atoms with Crippen LogP contribution < -0.4 is 5.32 Å². The molecule has 0 spiro atoms. The van der Waals surface area contributed by atoms with Crippen LogP contribution in [-0.2, 0) is 4.74 Å². The molecule has 3 fully saturated rings. The highest BCUT2D eigenvalue weighted by atomic mass is 16.5. The first-order valence-corrected chi connectivity index (χ1v) is 7.46. The van der Waals surface area contributed by atoms with Crippen molar-refractivity contribution in [1.29, 1.82) is 0 Å². The fourth-order valence-electron chi connectivity index (χ4n) is 3.91. The standard InChI is InChI=1S/C14H26N2O/c1-3-10-9-16(11(4-2)8-15-10)13-7-12-5-6-14(13)17-12/h10-15H,3-9H2,1-2H3. The molecule has 0 aromatic rings. The molecular formula is C14H26N2O. The van der Waals surface area contributed by atoms with Gasteiger partial charge in [0.1, 0.15) is 0 Å². The van der Waals surface area contributed by atoms with Gasteiger partial charge >= 0.3 is 0 Å². The maximum absolute atomic E-state index is 6.04. The van der Waals surface area contributed by atoms with E-state index in [0.717, 1.165) is 12.1 Å². The quantitative estimate of drug-likeness (QED) is 0.811. The number of nitrogens with one attached hydrogen (secondary N) is 1. The van der Waals surface area contributed by atoms with Crippen molar-refractivity contribution in [2.45, 2.75) is 76.3 Å². The van der Waals surface area contributed by atoms with E-state index in [1.165, 1.54) is 45.2 Å². The van der Waals surface area contributed by atoms with Crippen molar-refractivity contribution in [2.24, 2.45) is 0 Å². The van der Waals surface area contributed by atoms with Crippen LogP contribution in [0.5, 0.6) is 0 Å². The summed E-state index contributed by atoms with van der Waals surface area (Å²) in [5.41, 5.74) is 0. The highest BCUT2D eigenvalue weighted by Gasteiger charge is 2.46. The third-order valence-electron chi connectivity index (χ3n) is 5.01. The zero-order valence-electron chi connectivity index (χ0n) is 11.2. The maximum atomic E-state index is 6.04. The summed E-state index contributed by atoms with van der Waals surface area (Å²) in [5.74, 6) is 0. The number of hydrogen-bond acceptors (Lipinski definition) is 3. The van der Waals surface area contributed by atoms with Gasteiger partial charge in [-0.2, -0.15) is 0 Å². The average molecular weight is 238 g/mol. The van der Waals surface area contributed by atoms with Crippen LogP contribution in [0.3, 0.4) is 0 Å². The van der Waals surface area contributed by atoms with Crippen molar-refractivity contribution < 1.29 is 4.74 Å². The van der Waals surface area contributed by atoms with Gasteiger partial charge in [0, 0.05) is 31.2 Å². The molecule has 3 aliphatic rings. The van der Waals surface area contributed by atoms with Gasteiger partial charge in [0.15, 0.2) is 0 Å². The highest BCUT2D eigenvalue weighted by Crippen LogP contribution is 2.38. The van der Waals surface area contributed by atoms with Crippen LogP contribution >= 0.6 is 0 Å². The first kappa shape index (κ1) is 11.9. The molecule has 2 bridgehead atoms. The van der Waals surface area contributed by atoms with E-state index in [0.29, 0.717) is 18.2 Å². The van der Waals surface area contributed by atoms with Gasteiger partial charge in [-0.15, -0.1) is 0 Å². The van der Waals surface area contributed by atoms with E-state index in [1.54, 1.807) is 0 Å². The summed E-state index contributed by atoms with van der Waals surface area (Å²) >= 11 is 0. The Bertz CT molecular complexity index is 271. The predicted molar refractivity (Wildman–Crippen MR) is 69.2 cm³/mol. The molecule has 3 rings (SSSR count). The van der Waals surface area contributed by atoms with Crippen LogP contribution in [0.1, 0.15) is 46.0 Å². The smallest absolute Gasteiger partial charge is 0.0736 e. The average Bonchev–Trinajstić information content (AvgIpc) is 3.00. The minimum Gasteiger partial charge on any atom is -0.373 e. The lowest BCUT2D eigenvalue weighted by Gasteiger charge is -2.45. The van der Waals surface area contributed by atoms with Gasteiger partial charge < -0.3 is 10.1 Å². The maximum Gasteiger partial charge on any atom is 0.0736 e. The molecule has 17 heavy (non-hydrogen) atoms. The Balaban J connectivity index is 1.69. The third kappa shape index (κ3) is 2.13. The van der Waals surface area contributed by atoms with E-state index in [4.69, 9.17) is 4.74 Å². The second-order valence-electron chi connectivity index (χ2n) is 5.95. The number of piperazine rings is 1. The number of hydrogen-bond donors (Lipinski definition) is 1. The van der Waals surface area contributed by atoms with Gasteiger partial charge in [-0.3, -0.25) is 4.90 Å². The van der Waals surface area contributed by atoms with E-state index < -0.39 is 0 Å². The topological polar surface area (TPSA) is 24.5 Å². The molecule has 0 amide bonds. The molecule has 3 saturated heterocycles. The van der Waals surface area contributed by atoms with Crippen LogP contribution in [-0.4, -0.2) is 48.3 Å². The van der Waals surface area contributed by atoms with Crippen molar-refractivity contribution >= 4 is 0 Å². The lowest BCUT2D eigenvalue weighted by atomic mass is 9.91. The Morgan fingerprint density at radius 3 is 2.71 bits per heavy atom. The molecule has 0 aromatic carbocycles. The molecule has 0 saturated carbocycles. The second-order valence-corrected chi connectivity index (χ2v) is 5.95. The van der Waals surface area contributed by atoms with Crippen molar-refractivity contribution in [3.05, 3.63) is 0 Å². The minimum absolute atomic E-state index is 0.546. The van der Waals surface area contributed by atoms with Crippen molar-refractivity contribution in [2.75, 3.05) is 13.1 Å². The molecule has 5 unspecified atom stereocenters. The minimum atomic E-state index is 0.546. The normalized spacial score (nSPS) is 46.6. The van der Waals surface area contributed by atoms with E-state index in [1.807, 2.05) is 0 Å².